The molecule has 3 saturated heterocycles. The van der Waals surface area contributed by atoms with Gasteiger partial charge in [-0.2, -0.15) is 0 Å². The first-order valence-corrected chi connectivity index (χ1v) is 9.73. The van der Waals surface area contributed by atoms with Crippen LogP contribution in [0, 0.1) is 17.0 Å². The molecule has 3 fully saturated rings. The fourth-order valence-electron chi connectivity index (χ4n) is 5.10. The summed E-state index contributed by atoms with van der Waals surface area (Å²) < 4.78 is 26.4. The van der Waals surface area contributed by atoms with E-state index in [9.17, 15) is 13.6 Å². The summed E-state index contributed by atoms with van der Waals surface area (Å²) in [6, 6.07) is 4.92. The van der Waals surface area contributed by atoms with Gasteiger partial charge in [-0.1, -0.05) is 13.0 Å². The number of halogens is 4. The number of nitrogens with one attached hydrogen (secondary N) is 1. The molecular weight excluding hydrogens is 407 g/mol. The van der Waals surface area contributed by atoms with Crippen molar-refractivity contribution in [3.05, 3.63) is 35.4 Å². The van der Waals surface area contributed by atoms with E-state index in [1.165, 1.54) is 18.6 Å². The van der Waals surface area contributed by atoms with Crippen LogP contribution in [0.1, 0.15) is 38.2 Å². The molecule has 158 valence electrons. The Kier molecular flexibility index (Phi) is 7.70. The maximum Gasteiger partial charge on any atom is 0.230 e. The minimum Gasteiger partial charge on any atom is -0.340 e. The van der Waals surface area contributed by atoms with E-state index in [4.69, 9.17) is 0 Å². The number of amides is 1. The van der Waals surface area contributed by atoms with Crippen molar-refractivity contribution in [2.75, 3.05) is 26.2 Å². The summed E-state index contributed by atoms with van der Waals surface area (Å²) in [6.45, 7) is 5.69. The number of carbonyl (C=O) groups excluding carboxylic acids is 1. The van der Waals surface area contributed by atoms with Gasteiger partial charge in [-0.15, -0.1) is 24.8 Å². The number of carbonyl (C=O) groups is 1. The lowest BCUT2D eigenvalue weighted by Crippen LogP contribution is -2.55. The Bertz CT molecular complexity index is 700. The third kappa shape index (κ3) is 4.16. The molecule has 1 aromatic carbocycles. The van der Waals surface area contributed by atoms with Crippen molar-refractivity contribution < 1.29 is 13.6 Å². The van der Waals surface area contributed by atoms with Crippen LogP contribution in [0.25, 0.3) is 0 Å². The Labute approximate surface area is 177 Å². The van der Waals surface area contributed by atoms with E-state index >= 15 is 0 Å². The highest BCUT2D eigenvalue weighted by Crippen LogP contribution is 2.47. The molecule has 2 bridgehead atoms. The summed E-state index contributed by atoms with van der Waals surface area (Å²) in [4.78, 5) is 17.5. The van der Waals surface area contributed by atoms with Crippen LogP contribution in [-0.2, 0) is 11.3 Å². The molecule has 0 saturated carbocycles. The number of hydrogen-bond donors (Lipinski definition) is 1. The fraction of sp³-hybridized carbons (Fsp3) is 0.650. The first kappa shape index (κ1) is 23.3. The Morgan fingerprint density at radius 3 is 2.39 bits per heavy atom. The molecule has 0 unspecified atom stereocenters. The van der Waals surface area contributed by atoms with Crippen molar-refractivity contribution >= 4 is 30.7 Å². The number of fused-ring (bicyclic) bond motifs is 2. The molecule has 0 radical (unpaired) electrons. The van der Waals surface area contributed by atoms with Gasteiger partial charge in [0.1, 0.15) is 0 Å². The van der Waals surface area contributed by atoms with E-state index in [1.54, 1.807) is 6.07 Å². The Hall–Kier alpha value is -0.950. The molecule has 3 heterocycles. The van der Waals surface area contributed by atoms with Gasteiger partial charge in [0.2, 0.25) is 5.91 Å². The SMILES string of the molecule is CC[C@@]1(C(=O)N2CCN(Cc3ccc(F)c(F)c3)CC2)C[C@@H]2CC[C@H]1N2.Cl.Cl. The highest BCUT2D eigenvalue weighted by Gasteiger charge is 2.55. The number of hydrogen-bond acceptors (Lipinski definition) is 3. The number of nitrogens with zero attached hydrogens (tertiary/aromatic N) is 2. The van der Waals surface area contributed by atoms with Gasteiger partial charge >= 0.3 is 0 Å². The molecule has 8 heteroatoms. The van der Waals surface area contributed by atoms with Crippen LogP contribution < -0.4 is 5.32 Å². The summed E-state index contributed by atoms with van der Waals surface area (Å²) >= 11 is 0. The molecule has 3 aliphatic heterocycles. The molecular formula is C20H29Cl2F2N3O. The third-order valence-electron chi connectivity index (χ3n) is 6.62. The first-order valence-electron chi connectivity index (χ1n) is 9.73. The summed E-state index contributed by atoms with van der Waals surface area (Å²) in [5.41, 5.74) is 0.552. The monoisotopic (exact) mass is 435 g/mol. The molecule has 1 N–H and O–H groups in total. The molecule has 0 aliphatic carbocycles. The average Bonchev–Trinajstić information content (AvgIpc) is 3.26. The van der Waals surface area contributed by atoms with E-state index in [0.717, 1.165) is 37.9 Å². The predicted molar refractivity (Wildman–Crippen MR) is 110 cm³/mol. The predicted octanol–water partition coefficient (Wildman–Crippen LogP) is 3.37. The normalized spacial score (nSPS) is 29.3. The van der Waals surface area contributed by atoms with Crippen LogP contribution in [0.3, 0.4) is 0 Å². The number of piperazine rings is 1. The second-order valence-corrected chi connectivity index (χ2v) is 8.02. The van der Waals surface area contributed by atoms with Gasteiger partial charge in [-0.25, -0.2) is 8.78 Å². The Balaban J connectivity index is 0.00000140. The van der Waals surface area contributed by atoms with Crippen LogP contribution in [0.15, 0.2) is 18.2 Å². The van der Waals surface area contributed by atoms with Gasteiger partial charge in [-0.05, 0) is 43.4 Å². The molecule has 4 rings (SSSR count). The van der Waals surface area contributed by atoms with Crippen LogP contribution in [0.5, 0.6) is 0 Å². The largest absolute Gasteiger partial charge is 0.340 e. The van der Waals surface area contributed by atoms with Crippen LogP contribution >= 0.6 is 24.8 Å². The van der Waals surface area contributed by atoms with Crippen LogP contribution in [0.2, 0.25) is 0 Å². The van der Waals surface area contributed by atoms with Crippen molar-refractivity contribution in [1.29, 1.82) is 0 Å². The van der Waals surface area contributed by atoms with Crippen LogP contribution in [0.4, 0.5) is 8.78 Å². The summed E-state index contributed by atoms with van der Waals surface area (Å²) in [6.07, 6.45) is 4.18. The van der Waals surface area contributed by atoms with Crippen molar-refractivity contribution in [3.63, 3.8) is 0 Å². The highest BCUT2D eigenvalue weighted by molar-refractivity contribution is 5.86. The lowest BCUT2D eigenvalue weighted by molar-refractivity contribution is -0.145. The molecule has 4 nitrogen and oxygen atoms in total. The molecule has 0 aromatic heterocycles. The van der Waals surface area contributed by atoms with E-state index in [-0.39, 0.29) is 30.2 Å². The second kappa shape index (κ2) is 9.24. The first-order chi connectivity index (χ1) is 12.5. The molecule has 3 atom stereocenters. The lowest BCUT2D eigenvalue weighted by Gasteiger charge is -2.42. The van der Waals surface area contributed by atoms with Gasteiger partial charge in [0.15, 0.2) is 11.6 Å². The van der Waals surface area contributed by atoms with Gasteiger partial charge in [0, 0.05) is 44.8 Å². The van der Waals surface area contributed by atoms with Crippen molar-refractivity contribution in [3.8, 4) is 0 Å². The van der Waals surface area contributed by atoms with E-state index in [1.807, 2.05) is 4.90 Å². The lowest BCUT2D eigenvalue weighted by atomic mass is 9.70. The smallest absolute Gasteiger partial charge is 0.230 e. The molecule has 1 amide bonds. The quantitative estimate of drug-likeness (QED) is 0.787. The zero-order valence-electron chi connectivity index (χ0n) is 16.1. The fourth-order valence-corrected chi connectivity index (χ4v) is 5.10. The number of benzene rings is 1. The van der Waals surface area contributed by atoms with Crippen molar-refractivity contribution in [2.24, 2.45) is 5.41 Å². The Morgan fingerprint density at radius 1 is 1.14 bits per heavy atom. The number of rotatable bonds is 4. The van der Waals surface area contributed by atoms with Crippen molar-refractivity contribution in [2.45, 2.75) is 51.2 Å². The average molecular weight is 436 g/mol. The minimum atomic E-state index is -0.812. The van der Waals surface area contributed by atoms with Crippen molar-refractivity contribution in [1.82, 2.24) is 15.1 Å². The third-order valence-corrected chi connectivity index (χ3v) is 6.62. The van der Waals surface area contributed by atoms with Gasteiger partial charge in [0.05, 0.1) is 5.41 Å². The molecule has 0 spiro atoms. The topological polar surface area (TPSA) is 35.6 Å². The summed E-state index contributed by atoms with van der Waals surface area (Å²) in [5, 5.41) is 3.62. The zero-order chi connectivity index (χ0) is 18.3. The second-order valence-electron chi connectivity index (χ2n) is 8.02. The summed E-state index contributed by atoms with van der Waals surface area (Å²) in [7, 11) is 0. The Morgan fingerprint density at radius 2 is 1.86 bits per heavy atom. The minimum absolute atomic E-state index is 0. The maximum absolute atomic E-state index is 13.4. The van der Waals surface area contributed by atoms with Gasteiger partial charge in [-0.3, -0.25) is 9.69 Å². The maximum atomic E-state index is 13.4. The van der Waals surface area contributed by atoms with Gasteiger partial charge in [0.25, 0.3) is 0 Å². The summed E-state index contributed by atoms with van der Waals surface area (Å²) in [5.74, 6) is -1.30. The standard InChI is InChI=1S/C20H27F2N3O.2ClH/c1-2-20(12-15-4-6-18(20)23-15)19(26)25-9-7-24(8-10-25)13-14-3-5-16(21)17(22)11-14;;/h3,5,11,15,18,23H,2,4,6-10,12-13H2,1H3;2*1H/t15-,18+,20+;;/m0../s1. The molecule has 28 heavy (non-hydrogen) atoms. The van der Waals surface area contributed by atoms with E-state index in [0.29, 0.717) is 37.6 Å². The molecule has 3 aliphatic rings. The molecule has 1 aromatic rings. The van der Waals surface area contributed by atoms with Crippen LogP contribution in [-0.4, -0.2) is 54.0 Å². The van der Waals surface area contributed by atoms with E-state index in [2.05, 4.69) is 17.1 Å². The van der Waals surface area contributed by atoms with E-state index < -0.39 is 11.6 Å². The zero-order valence-corrected chi connectivity index (χ0v) is 17.8. The highest BCUT2D eigenvalue weighted by atomic mass is 35.5. The van der Waals surface area contributed by atoms with Gasteiger partial charge < -0.3 is 10.2 Å².